The molecule has 2 N–H and O–H groups in total. The van der Waals surface area contributed by atoms with Crippen LogP contribution in [0, 0.1) is 0 Å². The molecule has 2 aliphatic heterocycles. The molecule has 0 saturated carbocycles. The molecule has 2 heterocycles. The summed E-state index contributed by atoms with van der Waals surface area (Å²) in [4.78, 5) is 1.19. The third kappa shape index (κ3) is 2.28. The molecule has 2 aromatic carbocycles. The van der Waals surface area contributed by atoms with Gasteiger partial charge in [-0.3, -0.25) is 0 Å². The van der Waals surface area contributed by atoms with Gasteiger partial charge in [0.05, 0.1) is 12.6 Å². The van der Waals surface area contributed by atoms with E-state index in [4.69, 9.17) is 15.2 Å². The number of benzene rings is 2. The molecular weight excluding hydrogens is 282 g/mol. The van der Waals surface area contributed by atoms with Crippen LogP contribution in [0.2, 0.25) is 0 Å². The zero-order valence-electron chi connectivity index (χ0n) is 11.6. The van der Waals surface area contributed by atoms with Crippen LogP contribution in [0.4, 0.5) is 0 Å². The summed E-state index contributed by atoms with van der Waals surface area (Å²) in [5.74, 6) is 2.77. The first kappa shape index (κ1) is 13.0. The molecule has 0 aliphatic carbocycles. The fourth-order valence-corrected chi connectivity index (χ4v) is 3.97. The van der Waals surface area contributed by atoms with Crippen LogP contribution in [0.5, 0.6) is 11.5 Å². The van der Waals surface area contributed by atoms with Gasteiger partial charge in [0, 0.05) is 22.6 Å². The van der Waals surface area contributed by atoms with Gasteiger partial charge >= 0.3 is 0 Å². The van der Waals surface area contributed by atoms with Gasteiger partial charge < -0.3 is 15.2 Å². The van der Waals surface area contributed by atoms with Crippen LogP contribution in [0.25, 0.3) is 0 Å². The summed E-state index contributed by atoms with van der Waals surface area (Å²) in [7, 11) is 0. The molecule has 4 heteroatoms. The van der Waals surface area contributed by atoms with Crippen molar-refractivity contribution in [1.29, 1.82) is 0 Å². The molecule has 2 unspecified atom stereocenters. The highest BCUT2D eigenvalue weighted by Gasteiger charge is 2.30. The second-order valence-electron chi connectivity index (χ2n) is 5.37. The Morgan fingerprint density at radius 2 is 2.05 bits per heavy atom. The Morgan fingerprint density at radius 1 is 1.14 bits per heavy atom. The summed E-state index contributed by atoms with van der Waals surface area (Å²) in [6.45, 7) is 0.752. The van der Waals surface area contributed by atoms with Crippen LogP contribution in [-0.4, -0.2) is 18.5 Å². The van der Waals surface area contributed by atoms with Gasteiger partial charge in [0.1, 0.15) is 17.6 Å². The maximum Gasteiger partial charge on any atom is 0.133 e. The van der Waals surface area contributed by atoms with Crippen molar-refractivity contribution in [2.24, 2.45) is 5.73 Å². The van der Waals surface area contributed by atoms with Gasteiger partial charge in [0.15, 0.2) is 0 Å². The SMILES string of the molecule is NC(c1cccc2c1OCC2)C1CSc2ccccc2O1. The van der Waals surface area contributed by atoms with Crippen molar-refractivity contribution in [1.82, 2.24) is 0 Å². The molecule has 0 saturated heterocycles. The smallest absolute Gasteiger partial charge is 0.133 e. The first-order chi connectivity index (χ1) is 10.3. The van der Waals surface area contributed by atoms with E-state index in [1.807, 2.05) is 30.0 Å². The number of para-hydroxylation sites is 2. The molecule has 0 fully saturated rings. The van der Waals surface area contributed by atoms with Crippen LogP contribution >= 0.6 is 11.8 Å². The molecule has 2 atom stereocenters. The molecule has 21 heavy (non-hydrogen) atoms. The summed E-state index contributed by atoms with van der Waals surface area (Å²) in [5.41, 5.74) is 8.80. The summed E-state index contributed by atoms with van der Waals surface area (Å²) < 4.78 is 11.9. The van der Waals surface area contributed by atoms with Crippen LogP contribution in [0.3, 0.4) is 0 Å². The minimum absolute atomic E-state index is 0.0272. The predicted molar refractivity (Wildman–Crippen MR) is 84.2 cm³/mol. The van der Waals surface area contributed by atoms with E-state index in [0.29, 0.717) is 0 Å². The fraction of sp³-hybridized carbons (Fsp3) is 0.294. The Morgan fingerprint density at radius 3 is 3.00 bits per heavy atom. The number of thioether (sulfide) groups is 1. The van der Waals surface area contributed by atoms with E-state index in [0.717, 1.165) is 35.8 Å². The second-order valence-corrected chi connectivity index (χ2v) is 6.44. The van der Waals surface area contributed by atoms with Crippen LogP contribution in [-0.2, 0) is 6.42 Å². The Balaban J connectivity index is 1.62. The molecule has 0 aromatic heterocycles. The Labute approximate surface area is 128 Å². The maximum atomic E-state index is 6.48. The van der Waals surface area contributed by atoms with Crippen LogP contribution < -0.4 is 15.2 Å². The van der Waals surface area contributed by atoms with Crippen molar-refractivity contribution in [3.8, 4) is 11.5 Å². The highest BCUT2D eigenvalue weighted by molar-refractivity contribution is 7.99. The minimum Gasteiger partial charge on any atom is -0.493 e. The van der Waals surface area contributed by atoms with Gasteiger partial charge in [0.2, 0.25) is 0 Å². The van der Waals surface area contributed by atoms with Gasteiger partial charge in [-0.15, -0.1) is 11.8 Å². The standard InChI is InChI=1S/C17H17NO2S/c18-16(12-5-3-4-11-8-9-19-17(11)12)14-10-21-15-7-2-1-6-13(15)20-14/h1-7,14,16H,8-10,18H2. The van der Waals surface area contributed by atoms with E-state index >= 15 is 0 Å². The minimum atomic E-state index is -0.168. The van der Waals surface area contributed by atoms with Crippen LogP contribution in [0.1, 0.15) is 17.2 Å². The van der Waals surface area contributed by atoms with E-state index in [-0.39, 0.29) is 12.1 Å². The first-order valence-corrected chi connectivity index (χ1v) is 8.20. The Kier molecular flexibility index (Phi) is 3.28. The van der Waals surface area contributed by atoms with E-state index in [1.54, 1.807) is 0 Å². The van der Waals surface area contributed by atoms with Crippen molar-refractivity contribution in [3.63, 3.8) is 0 Å². The zero-order chi connectivity index (χ0) is 14.2. The van der Waals surface area contributed by atoms with Crippen molar-refractivity contribution in [2.45, 2.75) is 23.5 Å². The predicted octanol–water partition coefficient (Wildman–Crippen LogP) is 3.17. The van der Waals surface area contributed by atoms with Gasteiger partial charge in [-0.05, 0) is 17.7 Å². The molecule has 0 amide bonds. The Bertz CT molecular complexity index is 674. The van der Waals surface area contributed by atoms with Crippen molar-refractivity contribution >= 4 is 11.8 Å². The monoisotopic (exact) mass is 299 g/mol. The van der Waals surface area contributed by atoms with Crippen molar-refractivity contribution < 1.29 is 9.47 Å². The first-order valence-electron chi connectivity index (χ1n) is 7.21. The maximum absolute atomic E-state index is 6.48. The quantitative estimate of drug-likeness (QED) is 0.925. The van der Waals surface area contributed by atoms with Gasteiger partial charge in [-0.1, -0.05) is 30.3 Å². The number of rotatable bonds is 2. The largest absolute Gasteiger partial charge is 0.493 e. The van der Waals surface area contributed by atoms with Crippen LogP contribution in [0.15, 0.2) is 47.4 Å². The average molecular weight is 299 g/mol. The zero-order valence-corrected chi connectivity index (χ0v) is 12.4. The van der Waals surface area contributed by atoms with Crippen molar-refractivity contribution in [2.75, 3.05) is 12.4 Å². The lowest BCUT2D eigenvalue weighted by Crippen LogP contribution is -2.35. The van der Waals surface area contributed by atoms with E-state index < -0.39 is 0 Å². The van der Waals surface area contributed by atoms with Gasteiger partial charge in [-0.25, -0.2) is 0 Å². The van der Waals surface area contributed by atoms with E-state index in [9.17, 15) is 0 Å². The topological polar surface area (TPSA) is 44.5 Å². The number of fused-ring (bicyclic) bond motifs is 2. The summed E-state index contributed by atoms with van der Waals surface area (Å²) in [5, 5.41) is 0. The van der Waals surface area contributed by atoms with Crippen molar-refractivity contribution in [3.05, 3.63) is 53.6 Å². The number of hydrogen-bond acceptors (Lipinski definition) is 4. The molecular formula is C17H17NO2S. The molecule has 0 spiro atoms. The number of hydrogen-bond donors (Lipinski definition) is 1. The van der Waals surface area contributed by atoms with E-state index in [1.165, 1.54) is 10.5 Å². The highest BCUT2D eigenvalue weighted by atomic mass is 32.2. The summed E-state index contributed by atoms with van der Waals surface area (Å²) in [6.07, 6.45) is 0.944. The molecule has 0 radical (unpaired) electrons. The fourth-order valence-electron chi connectivity index (χ4n) is 2.92. The number of nitrogens with two attached hydrogens (primary N) is 1. The molecule has 2 aromatic rings. The molecule has 108 valence electrons. The lowest BCUT2D eigenvalue weighted by molar-refractivity contribution is 0.183. The third-order valence-corrected chi connectivity index (χ3v) is 5.18. The lowest BCUT2D eigenvalue weighted by Gasteiger charge is -2.30. The molecule has 2 aliphatic rings. The number of ether oxygens (including phenoxy) is 2. The average Bonchev–Trinajstić information content (AvgIpc) is 3.02. The second kappa shape index (κ2) is 5.28. The normalized spacial score (nSPS) is 20.9. The highest BCUT2D eigenvalue weighted by Crippen LogP contribution is 2.40. The summed E-state index contributed by atoms with van der Waals surface area (Å²) >= 11 is 1.81. The third-order valence-electron chi connectivity index (χ3n) is 4.04. The molecule has 4 rings (SSSR count). The molecule has 3 nitrogen and oxygen atoms in total. The van der Waals surface area contributed by atoms with E-state index in [2.05, 4.69) is 24.3 Å². The van der Waals surface area contributed by atoms with Gasteiger partial charge in [0.25, 0.3) is 0 Å². The Hall–Kier alpha value is -1.65. The lowest BCUT2D eigenvalue weighted by atomic mass is 9.99. The van der Waals surface area contributed by atoms with Gasteiger partial charge in [-0.2, -0.15) is 0 Å². The summed E-state index contributed by atoms with van der Waals surface area (Å²) in [6, 6.07) is 14.2. The molecule has 0 bridgehead atoms.